The Labute approximate surface area is 141 Å². The molecule has 5 heteroatoms. The van der Waals surface area contributed by atoms with Crippen LogP contribution in [0.15, 0.2) is 48.2 Å². The van der Waals surface area contributed by atoms with Gasteiger partial charge in [-0.05, 0) is 24.8 Å². The lowest BCUT2D eigenvalue weighted by Gasteiger charge is -2.17. The van der Waals surface area contributed by atoms with Crippen LogP contribution < -0.4 is 5.32 Å². The first kappa shape index (κ1) is 16.9. The van der Waals surface area contributed by atoms with E-state index < -0.39 is 24.2 Å². The highest BCUT2D eigenvalue weighted by Crippen LogP contribution is 2.32. The minimum Gasteiger partial charge on any atom is -0.386 e. The van der Waals surface area contributed by atoms with Crippen LogP contribution in [0.2, 0.25) is 0 Å². The first-order valence-electron chi connectivity index (χ1n) is 8.57. The average molecular weight is 329 g/mol. The van der Waals surface area contributed by atoms with Gasteiger partial charge in [-0.2, -0.15) is 0 Å². The average Bonchev–Trinajstić information content (AvgIpc) is 3.38. The second-order valence-corrected chi connectivity index (χ2v) is 6.47. The number of carbonyl (C=O) groups is 2. The molecule has 0 aromatic carbocycles. The number of aliphatic hydroxyl groups excluding tert-OH is 1. The maximum atomic E-state index is 11.8. The van der Waals surface area contributed by atoms with E-state index in [1.807, 2.05) is 12.2 Å². The van der Waals surface area contributed by atoms with Crippen LogP contribution in [0.1, 0.15) is 32.1 Å². The molecule has 1 saturated heterocycles. The quantitative estimate of drug-likeness (QED) is 0.459. The van der Waals surface area contributed by atoms with Crippen molar-refractivity contribution in [2.75, 3.05) is 0 Å². The van der Waals surface area contributed by atoms with Gasteiger partial charge in [0.2, 0.25) is 11.7 Å². The summed E-state index contributed by atoms with van der Waals surface area (Å²) in [6, 6.07) is 0. The Hall–Kier alpha value is -1.98. The van der Waals surface area contributed by atoms with E-state index in [1.54, 1.807) is 12.2 Å². The number of allylic oxidation sites excluding steroid dienone is 5. The number of amides is 1. The lowest BCUT2D eigenvalue weighted by atomic mass is 9.89. The minimum atomic E-state index is -0.836. The molecular formula is C19H23NO4. The van der Waals surface area contributed by atoms with Crippen LogP contribution >= 0.6 is 0 Å². The topological polar surface area (TPSA) is 78.9 Å². The monoisotopic (exact) mass is 329 g/mol. The largest absolute Gasteiger partial charge is 0.386 e. The lowest BCUT2D eigenvalue weighted by Crippen LogP contribution is -2.35. The summed E-state index contributed by atoms with van der Waals surface area (Å²) in [6.45, 7) is 0. The maximum absolute atomic E-state index is 11.8. The van der Waals surface area contributed by atoms with Crippen LogP contribution in [0.3, 0.4) is 0 Å². The summed E-state index contributed by atoms with van der Waals surface area (Å²) in [5.74, 6) is -0.000330. The lowest BCUT2D eigenvalue weighted by molar-refractivity contribution is -0.121. The SMILES string of the molecule is O=C(/C=C/C=C/C=C/C1CCCCC1)NC1=C[C@H](O)[C@H]2O[C@H]2C1=O. The zero-order chi connectivity index (χ0) is 16.9. The van der Waals surface area contributed by atoms with Gasteiger partial charge in [0.15, 0.2) is 6.10 Å². The molecule has 1 aliphatic heterocycles. The van der Waals surface area contributed by atoms with Gasteiger partial charge in [-0.15, -0.1) is 0 Å². The number of fused-ring (bicyclic) bond motifs is 1. The van der Waals surface area contributed by atoms with Crippen LogP contribution in [-0.4, -0.2) is 35.1 Å². The third-order valence-electron chi connectivity index (χ3n) is 4.60. The van der Waals surface area contributed by atoms with E-state index >= 15 is 0 Å². The van der Waals surface area contributed by atoms with Crippen molar-refractivity contribution < 1.29 is 19.4 Å². The molecule has 0 aromatic heterocycles. The molecule has 3 atom stereocenters. The highest BCUT2D eigenvalue weighted by atomic mass is 16.6. The molecule has 0 unspecified atom stereocenters. The molecule has 2 aliphatic carbocycles. The second-order valence-electron chi connectivity index (χ2n) is 6.47. The Morgan fingerprint density at radius 1 is 1.17 bits per heavy atom. The van der Waals surface area contributed by atoms with E-state index in [-0.39, 0.29) is 11.5 Å². The van der Waals surface area contributed by atoms with Crippen LogP contribution in [0.5, 0.6) is 0 Å². The third-order valence-corrected chi connectivity index (χ3v) is 4.60. The van der Waals surface area contributed by atoms with E-state index in [0.29, 0.717) is 5.92 Å². The number of epoxide rings is 1. The number of ketones is 1. The minimum absolute atomic E-state index is 0.108. The number of rotatable bonds is 5. The molecule has 1 heterocycles. The van der Waals surface area contributed by atoms with E-state index in [2.05, 4.69) is 11.4 Å². The molecule has 0 bridgehead atoms. The van der Waals surface area contributed by atoms with Gasteiger partial charge in [-0.1, -0.05) is 49.6 Å². The van der Waals surface area contributed by atoms with Crippen LogP contribution in [0.4, 0.5) is 0 Å². The maximum Gasteiger partial charge on any atom is 0.248 e. The Morgan fingerprint density at radius 3 is 2.71 bits per heavy atom. The first-order valence-corrected chi connectivity index (χ1v) is 8.57. The second kappa shape index (κ2) is 7.73. The van der Waals surface area contributed by atoms with Crippen LogP contribution in [-0.2, 0) is 14.3 Å². The van der Waals surface area contributed by atoms with E-state index in [4.69, 9.17) is 4.74 Å². The van der Waals surface area contributed by atoms with Crippen molar-refractivity contribution in [2.24, 2.45) is 5.92 Å². The fourth-order valence-electron chi connectivity index (χ4n) is 3.19. The zero-order valence-electron chi connectivity index (χ0n) is 13.6. The summed E-state index contributed by atoms with van der Waals surface area (Å²) >= 11 is 0. The molecule has 128 valence electrons. The number of nitrogens with one attached hydrogen (secondary N) is 1. The Kier molecular flexibility index (Phi) is 5.43. The Morgan fingerprint density at radius 2 is 1.92 bits per heavy atom. The summed E-state index contributed by atoms with van der Waals surface area (Å²) < 4.78 is 5.05. The normalized spacial score (nSPS) is 30.8. The molecule has 2 N–H and O–H groups in total. The molecule has 0 radical (unpaired) electrons. The van der Waals surface area contributed by atoms with Crippen LogP contribution in [0.25, 0.3) is 0 Å². The molecule has 2 fully saturated rings. The molecule has 1 amide bonds. The molecule has 0 aromatic rings. The van der Waals surface area contributed by atoms with Crippen molar-refractivity contribution in [1.29, 1.82) is 0 Å². The number of aliphatic hydroxyl groups is 1. The molecule has 0 spiro atoms. The summed E-state index contributed by atoms with van der Waals surface area (Å²) in [5.41, 5.74) is 0.108. The highest BCUT2D eigenvalue weighted by Gasteiger charge is 2.53. The van der Waals surface area contributed by atoms with Gasteiger partial charge in [0.1, 0.15) is 12.2 Å². The van der Waals surface area contributed by atoms with Gasteiger partial charge in [0.25, 0.3) is 0 Å². The number of carbonyl (C=O) groups excluding carboxylic acids is 2. The summed E-state index contributed by atoms with van der Waals surface area (Å²) in [4.78, 5) is 23.6. The van der Waals surface area contributed by atoms with Gasteiger partial charge >= 0.3 is 0 Å². The van der Waals surface area contributed by atoms with Crippen LogP contribution in [0, 0.1) is 5.92 Å². The zero-order valence-corrected chi connectivity index (χ0v) is 13.6. The van der Waals surface area contributed by atoms with Crippen molar-refractivity contribution >= 4 is 11.7 Å². The van der Waals surface area contributed by atoms with Crippen molar-refractivity contribution in [3.63, 3.8) is 0 Å². The molecule has 3 rings (SSSR count). The molecular weight excluding hydrogens is 306 g/mol. The van der Waals surface area contributed by atoms with Gasteiger partial charge in [0.05, 0.1) is 5.70 Å². The highest BCUT2D eigenvalue weighted by molar-refractivity contribution is 6.06. The van der Waals surface area contributed by atoms with E-state index in [9.17, 15) is 14.7 Å². The third kappa shape index (κ3) is 4.30. The van der Waals surface area contributed by atoms with Crippen molar-refractivity contribution in [2.45, 2.75) is 50.4 Å². The van der Waals surface area contributed by atoms with Gasteiger partial charge in [0, 0.05) is 6.08 Å². The number of Topliss-reactive ketones (excluding diaryl/α,β-unsaturated/α-hetero) is 1. The standard InChI is InChI=1S/C19H23NO4/c21-15-12-14(17(23)19-18(15)24-19)20-16(22)11-7-2-1-4-8-13-9-5-3-6-10-13/h1-2,4,7-8,11-13,15,18-19,21H,3,5-6,9-10H2,(H,20,22)/b2-1+,8-4+,11-7+/t15-,18+,19-/m0/s1. The first-order chi connectivity index (χ1) is 11.6. The van der Waals surface area contributed by atoms with Gasteiger partial charge in [-0.3, -0.25) is 9.59 Å². The summed E-state index contributed by atoms with van der Waals surface area (Å²) in [7, 11) is 0. The van der Waals surface area contributed by atoms with Crippen molar-refractivity contribution in [1.82, 2.24) is 5.32 Å². The Bertz CT molecular complexity index is 611. The number of hydrogen-bond acceptors (Lipinski definition) is 4. The molecule has 3 aliphatic rings. The smallest absolute Gasteiger partial charge is 0.248 e. The predicted molar refractivity (Wildman–Crippen MR) is 89.9 cm³/mol. The fraction of sp³-hybridized carbons (Fsp3) is 0.474. The summed E-state index contributed by atoms with van der Waals surface area (Å²) in [6.07, 6.45) is 16.9. The van der Waals surface area contributed by atoms with Gasteiger partial charge < -0.3 is 15.2 Å². The molecule has 24 heavy (non-hydrogen) atoms. The van der Waals surface area contributed by atoms with Crippen molar-refractivity contribution in [3.05, 3.63) is 48.2 Å². The number of hydrogen-bond donors (Lipinski definition) is 2. The van der Waals surface area contributed by atoms with E-state index in [0.717, 1.165) is 0 Å². The van der Waals surface area contributed by atoms with Crippen molar-refractivity contribution in [3.8, 4) is 0 Å². The predicted octanol–water partition coefficient (Wildman–Crippen LogP) is 1.95. The van der Waals surface area contributed by atoms with E-state index in [1.165, 1.54) is 44.3 Å². The number of ether oxygens (including phenoxy) is 1. The fourth-order valence-corrected chi connectivity index (χ4v) is 3.19. The Balaban J connectivity index is 1.43. The molecule has 1 saturated carbocycles. The van der Waals surface area contributed by atoms with Gasteiger partial charge in [-0.25, -0.2) is 0 Å². The molecule has 5 nitrogen and oxygen atoms in total. The summed E-state index contributed by atoms with van der Waals surface area (Å²) in [5, 5.41) is 12.2.